The first-order valence-corrected chi connectivity index (χ1v) is 12.2. The minimum Gasteiger partial charge on any atom is -0.399 e. The van der Waals surface area contributed by atoms with E-state index in [-0.39, 0.29) is 57.7 Å². The Morgan fingerprint density at radius 3 is 1.94 bits per heavy atom. The number of sulfonamides is 2. The number of hydrogen-bond acceptors (Lipinski definition) is 10. The molecule has 0 aliphatic rings. The van der Waals surface area contributed by atoms with E-state index in [1.54, 1.807) is 0 Å². The average molecular weight is 489 g/mol. The van der Waals surface area contributed by atoms with Crippen LogP contribution in [0.3, 0.4) is 0 Å². The van der Waals surface area contributed by atoms with E-state index >= 15 is 0 Å². The summed E-state index contributed by atoms with van der Waals surface area (Å²) >= 11 is 0. The van der Waals surface area contributed by atoms with Crippen LogP contribution in [0, 0.1) is 0 Å². The van der Waals surface area contributed by atoms with Crippen molar-refractivity contribution >= 4 is 42.8 Å². The van der Waals surface area contributed by atoms with Gasteiger partial charge in [0.15, 0.2) is 0 Å². The van der Waals surface area contributed by atoms with Crippen LogP contribution in [0.25, 0.3) is 0 Å². The first kappa shape index (κ1) is 25.6. The fraction of sp³-hybridized carbons (Fsp3) is 0.333. The number of hydrogen-bond donors (Lipinski definition) is 6. The summed E-state index contributed by atoms with van der Waals surface area (Å²) in [4.78, 5) is -0.559. The molecule has 0 spiro atoms. The molecule has 10 N–H and O–H groups in total. The zero-order valence-corrected chi connectivity index (χ0v) is 19.1. The molecule has 0 bridgehead atoms. The Bertz CT molecular complexity index is 1180. The van der Waals surface area contributed by atoms with Gasteiger partial charge in [0.2, 0.25) is 20.0 Å². The van der Waals surface area contributed by atoms with Crippen molar-refractivity contribution in [3.8, 4) is 0 Å². The van der Waals surface area contributed by atoms with E-state index < -0.39 is 33.3 Å². The second-order valence-electron chi connectivity index (χ2n) is 7.00. The summed E-state index contributed by atoms with van der Waals surface area (Å²) in [7, 11) is -7.05. The average Bonchev–Trinajstić information content (AvgIpc) is 2.71. The molecule has 2 aromatic rings. The van der Waals surface area contributed by atoms with Gasteiger partial charge in [-0.05, 0) is 35.9 Å². The number of nitrogens with zero attached hydrogens (tertiary/aromatic N) is 2. The van der Waals surface area contributed by atoms with Gasteiger partial charge in [0.05, 0.1) is 24.6 Å². The van der Waals surface area contributed by atoms with Crippen molar-refractivity contribution in [2.45, 2.75) is 16.3 Å². The van der Waals surface area contributed by atoms with Crippen LogP contribution in [-0.2, 0) is 26.6 Å². The van der Waals surface area contributed by atoms with Crippen LogP contribution in [0.5, 0.6) is 0 Å². The number of nitrogen functional groups attached to an aromatic ring is 4. The Kier molecular flexibility index (Phi) is 7.92. The molecule has 0 saturated heterocycles. The number of anilines is 4. The van der Waals surface area contributed by atoms with Crippen molar-refractivity contribution in [3.05, 3.63) is 35.9 Å². The number of benzene rings is 2. The molecule has 0 aliphatic heterocycles. The molecule has 0 atom stereocenters. The molecular formula is C18H28N6O6S2. The molecule has 2 aromatic carbocycles. The van der Waals surface area contributed by atoms with Crippen molar-refractivity contribution in [1.29, 1.82) is 0 Å². The van der Waals surface area contributed by atoms with Gasteiger partial charge < -0.3 is 33.1 Å². The van der Waals surface area contributed by atoms with Crippen molar-refractivity contribution in [2.75, 3.05) is 56.3 Å². The topological polar surface area (TPSA) is 219 Å². The zero-order chi connectivity index (χ0) is 24.3. The number of nitrogens with two attached hydrogens (primary N) is 4. The van der Waals surface area contributed by atoms with Crippen LogP contribution in [0.1, 0.15) is 5.56 Å². The highest BCUT2D eigenvalue weighted by Crippen LogP contribution is 2.31. The van der Waals surface area contributed by atoms with E-state index in [0.717, 1.165) is 14.7 Å². The molecular weight excluding hydrogens is 460 g/mol. The van der Waals surface area contributed by atoms with Gasteiger partial charge in [0, 0.05) is 38.1 Å². The molecule has 0 fully saturated rings. The number of aliphatic hydroxyl groups excluding tert-OH is 2. The Morgan fingerprint density at radius 1 is 0.812 bits per heavy atom. The maximum Gasteiger partial charge on any atom is 0.245 e. The van der Waals surface area contributed by atoms with Crippen molar-refractivity contribution in [3.63, 3.8) is 0 Å². The largest absolute Gasteiger partial charge is 0.399 e. The molecule has 0 unspecified atom stereocenters. The molecule has 0 saturated carbocycles. The summed E-state index contributed by atoms with van der Waals surface area (Å²) in [5, 5.41) is 18.3. The lowest BCUT2D eigenvalue weighted by Crippen LogP contribution is -2.36. The molecule has 0 aromatic heterocycles. The lowest BCUT2D eigenvalue weighted by Gasteiger charge is -2.24. The van der Waals surface area contributed by atoms with Crippen LogP contribution >= 0.6 is 0 Å². The molecule has 12 nitrogen and oxygen atoms in total. The van der Waals surface area contributed by atoms with Gasteiger partial charge in [-0.1, -0.05) is 0 Å². The Morgan fingerprint density at radius 2 is 1.38 bits per heavy atom. The Balaban J connectivity index is 2.50. The third-order valence-corrected chi connectivity index (χ3v) is 8.48. The minimum atomic E-state index is -4.23. The quantitative estimate of drug-likeness (QED) is 0.219. The fourth-order valence-electron chi connectivity index (χ4n) is 3.03. The van der Waals surface area contributed by atoms with Gasteiger partial charge in [0.1, 0.15) is 9.79 Å². The van der Waals surface area contributed by atoms with E-state index in [1.807, 2.05) is 0 Å². The third-order valence-electron chi connectivity index (χ3n) is 4.69. The predicted octanol–water partition coefficient (Wildman–Crippen LogP) is -1.19. The maximum atomic E-state index is 13.0. The van der Waals surface area contributed by atoms with Gasteiger partial charge in [-0.25, -0.2) is 16.8 Å². The van der Waals surface area contributed by atoms with Crippen LogP contribution < -0.4 is 22.9 Å². The van der Waals surface area contributed by atoms with Gasteiger partial charge >= 0.3 is 0 Å². The highest BCUT2D eigenvalue weighted by molar-refractivity contribution is 7.89. The normalized spacial score (nSPS) is 12.5. The van der Waals surface area contributed by atoms with Gasteiger partial charge in [0.25, 0.3) is 0 Å². The minimum absolute atomic E-state index is 0.00138. The van der Waals surface area contributed by atoms with Crippen molar-refractivity contribution < 1.29 is 27.0 Å². The summed E-state index contributed by atoms with van der Waals surface area (Å²) in [5.41, 5.74) is 23.6. The second kappa shape index (κ2) is 9.89. The van der Waals surface area contributed by atoms with E-state index in [4.69, 9.17) is 22.9 Å². The molecule has 178 valence electrons. The summed E-state index contributed by atoms with van der Waals surface area (Å²) in [6.07, 6.45) is 0. The molecule has 0 heterocycles. The third kappa shape index (κ3) is 5.23. The SMILES string of the molecule is CN(Cc1cc(N)cc(S(=O)(=O)N(CCO)CCO)c1N)S(=O)(=O)c1cc(N)ccc1N. The van der Waals surface area contributed by atoms with E-state index in [1.165, 1.54) is 31.3 Å². The van der Waals surface area contributed by atoms with Gasteiger partial charge in [-0.2, -0.15) is 8.61 Å². The lowest BCUT2D eigenvalue weighted by atomic mass is 10.1. The molecule has 2 rings (SSSR count). The van der Waals surface area contributed by atoms with Gasteiger partial charge in [-0.3, -0.25) is 0 Å². The van der Waals surface area contributed by atoms with E-state index in [2.05, 4.69) is 0 Å². The molecule has 14 heteroatoms. The molecule has 0 radical (unpaired) electrons. The summed E-state index contributed by atoms with van der Waals surface area (Å²) in [6, 6.07) is 6.56. The van der Waals surface area contributed by atoms with Crippen LogP contribution in [0.15, 0.2) is 40.1 Å². The standard InChI is InChI=1S/C18H28N6O6S2/c1-23(31(27,28)16-9-13(19)2-3-15(16)21)11-12-8-14(20)10-17(18(12)22)32(29,30)24(4-6-25)5-7-26/h2-3,8-10,25-26H,4-7,11,19-22H2,1H3. The highest BCUT2D eigenvalue weighted by Gasteiger charge is 2.29. The number of rotatable bonds is 10. The van der Waals surface area contributed by atoms with Crippen LogP contribution in [-0.4, -0.2) is 69.0 Å². The molecule has 32 heavy (non-hydrogen) atoms. The fourth-order valence-corrected chi connectivity index (χ4v) is 5.95. The monoisotopic (exact) mass is 488 g/mol. The summed E-state index contributed by atoms with van der Waals surface area (Å²) < 4.78 is 53.9. The molecule has 0 amide bonds. The molecule has 0 aliphatic carbocycles. The highest BCUT2D eigenvalue weighted by atomic mass is 32.2. The second-order valence-corrected chi connectivity index (χ2v) is 10.9. The van der Waals surface area contributed by atoms with Crippen LogP contribution in [0.2, 0.25) is 0 Å². The Labute approximate surface area is 187 Å². The van der Waals surface area contributed by atoms with E-state index in [9.17, 15) is 27.0 Å². The maximum absolute atomic E-state index is 13.0. The smallest absolute Gasteiger partial charge is 0.245 e. The van der Waals surface area contributed by atoms with Crippen molar-refractivity contribution in [2.24, 2.45) is 0 Å². The zero-order valence-electron chi connectivity index (χ0n) is 17.5. The van der Waals surface area contributed by atoms with Crippen LogP contribution in [0.4, 0.5) is 22.7 Å². The first-order chi connectivity index (χ1) is 14.9. The predicted molar refractivity (Wildman–Crippen MR) is 122 cm³/mol. The summed E-state index contributed by atoms with van der Waals surface area (Å²) in [6.45, 7) is -1.80. The van der Waals surface area contributed by atoms with E-state index in [0.29, 0.717) is 0 Å². The lowest BCUT2D eigenvalue weighted by molar-refractivity contribution is 0.217. The van der Waals surface area contributed by atoms with Crippen molar-refractivity contribution in [1.82, 2.24) is 8.61 Å². The number of aliphatic hydroxyl groups is 2. The summed E-state index contributed by atoms with van der Waals surface area (Å²) in [5.74, 6) is 0. The van der Waals surface area contributed by atoms with Gasteiger partial charge in [-0.15, -0.1) is 0 Å². The first-order valence-electron chi connectivity index (χ1n) is 9.37. The Hall–Kier alpha value is -2.62.